The molecular formula is C16H13Br2NO2. The highest BCUT2D eigenvalue weighted by Crippen LogP contribution is 2.26. The number of amides is 1. The number of allylic oxidation sites excluding steroid dienone is 4. The van der Waals surface area contributed by atoms with Crippen molar-refractivity contribution in [2.24, 2.45) is 4.99 Å². The van der Waals surface area contributed by atoms with Crippen molar-refractivity contribution in [3.05, 3.63) is 57.1 Å². The van der Waals surface area contributed by atoms with Gasteiger partial charge in [0.1, 0.15) is 0 Å². The quantitative estimate of drug-likeness (QED) is 0.543. The molecule has 1 aromatic carbocycles. The van der Waals surface area contributed by atoms with Crippen LogP contribution in [-0.2, 0) is 4.79 Å². The predicted octanol–water partition coefficient (Wildman–Crippen LogP) is 4.15. The van der Waals surface area contributed by atoms with Crippen LogP contribution in [0.1, 0.15) is 22.8 Å². The second-order valence-corrected chi connectivity index (χ2v) is 6.10. The average Bonchev–Trinajstić information content (AvgIpc) is 2.45. The van der Waals surface area contributed by atoms with Gasteiger partial charge in [0.05, 0.1) is 10.2 Å². The first-order valence-corrected chi connectivity index (χ1v) is 8.23. The van der Waals surface area contributed by atoms with Crippen molar-refractivity contribution in [2.75, 3.05) is 5.33 Å². The molecule has 21 heavy (non-hydrogen) atoms. The largest absolute Gasteiger partial charge is 0.289 e. The Morgan fingerprint density at radius 1 is 1.19 bits per heavy atom. The first kappa shape index (κ1) is 16.0. The number of rotatable bonds is 2. The number of alkyl halides is 1. The third-order valence-electron chi connectivity index (χ3n) is 3.13. The normalized spacial score (nSPS) is 17.2. The molecule has 0 saturated carbocycles. The summed E-state index contributed by atoms with van der Waals surface area (Å²) >= 11 is 6.61. The number of nitrogens with zero attached hydrogens (tertiary/aromatic N) is 1. The van der Waals surface area contributed by atoms with E-state index in [4.69, 9.17) is 0 Å². The third kappa shape index (κ3) is 3.47. The van der Waals surface area contributed by atoms with Crippen LogP contribution in [0, 0.1) is 6.92 Å². The van der Waals surface area contributed by atoms with E-state index < -0.39 is 0 Å². The van der Waals surface area contributed by atoms with Crippen molar-refractivity contribution in [3.63, 3.8) is 0 Å². The Kier molecular flexibility index (Phi) is 5.06. The molecule has 1 amide bonds. The van der Waals surface area contributed by atoms with Crippen LogP contribution in [0.4, 0.5) is 0 Å². The maximum atomic E-state index is 12.3. The van der Waals surface area contributed by atoms with Crippen molar-refractivity contribution in [1.82, 2.24) is 0 Å². The number of hydrogen-bond donors (Lipinski definition) is 0. The minimum absolute atomic E-state index is 0.108. The Morgan fingerprint density at radius 3 is 2.38 bits per heavy atom. The molecule has 1 aliphatic carbocycles. The number of hydrogen-bond acceptors (Lipinski definition) is 2. The highest BCUT2D eigenvalue weighted by molar-refractivity contribution is 9.12. The number of carbonyl (C=O) groups excluding carboxylic acids is 2. The molecule has 0 saturated heterocycles. The summed E-state index contributed by atoms with van der Waals surface area (Å²) in [5.74, 6) is -0.422. The fraction of sp³-hybridized carbons (Fsp3) is 0.188. The Balaban J connectivity index is 2.43. The summed E-state index contributed by atoms with van der Waals surface area (Å²) in [7, 11) is 0. The smallest absolute Gasteiger partial charge is 0.277 e. The zero-order valence-electron chi connectivity index (χ0n) is 11.6. The number of halogens is 2. The summed E-state index contributed by atoms with van der Waals surface area (Å²) in [6.45, 7) is 3.74. The second kappa shape index (κ2) is 6.62. The molecule has 0 bridgehead atoms. The molecule has 1 aliphatic rings. The van der Waals surface area contributed by atoms with Gasteiger partial charge in [-0.3, -0.25) is 9.59 Å². The van der Waals surface area contributed by atoms with E-state index >= 15 is 0 Å². The van der Waals surface area contributed by atoms with Gasteiger partial charge in [-0.15, -0.1) is 0 Å². The molecule has 108 valence electrons. The minimum Gasteiger partial charge on any atom is -0.289 e. The molecule has 0 unspecified atom stereocenters. The van der Waals surface area contributed by atoms with Crippen molar-refractivity contribution >= 4 is 49.3 Å². The first-order valence-electron chi connectivity index (χ1n) is 6.31. The van der Waals surface area contributed by atoms with Crippen LogP contribution in [0.25, 0.3) is 0 Å². The highest BCUT2D eigenvalue weighted by atomic mass is 79.9. The summed E-state index contributed by atoms with van der Waals surface area (Å²) in [4.78, 5) is 28.2. The van der Waals surface area contributed by atoms with Crippen LogP contribution >= 0.6 is 31.9 Å². The van der Waals surface area contributed by atoms with Crippen LogP contribution in [-0.4, -0.2) is 22.7 Å². The highest BCUT2D eigenvalue weighted by Gasteiger charge is 2.23. The lowest BCUT2D eigenvalue weighted by Gasteiger charge is -2.15. The molecule has 0 aliphatic heterocycles. The zero-order valence-corrected chi connectivity index (χ0v) is 14.8. The predicted molar refractivity (Wildman–Crippen MR) is 91.5 cm³/mol. The van der Waals surface area contributed by atoms with Gasteiger partial charge in [-0.25, -0.2) is 4.99 Å². The Hall–Kier alpha value is -1.33. The maximum absolute atomic E-state index is 12.3. The van der Waals surface area contributed by atoms with Crippen LogP contribution in [0.15, 0.2) is 51.0 Å². The fourth-order valence-corrected chi connectivity index (χ4v) is 3.32. The van der Waals surface area contributed by atoms with E-state index in [9.17, 15) is 9.59 Å². The van der Waals surface area contributed by atoms with Crippen molar-refractivity contribution in [3.8, 4) is 0 Å². The average molecular weight is 411 g/mol. The zero-order chi connectivity index (χ0) is 15.6. The number of aryl methyl sites for hydroxylation is 1. The first-order chi connectivity index (χ1) is 9.93. The molecule has 3 nitrogen and oxygen atoms in total. The molecule has 0 fully saturated rings. The van der Waals surface area contributed by atoms with E-state index in [0.29, 0.717) is 32.2 Å². The summed E-state index contributed by atoms with van der Waals surface area (Å²) in [5, 5.41) is 0.449. The number of carbonyl (C=O) groups is 2. The Bertz CT molecular complexity index is 697. The van der Waals surface area contributed by atoms with Gasteiger partial charge in [0, 0.05) is 16.5 Å². The van der Waals surface area contributed by atoms with Gasteiger partial charge in [-0.2, -0.15) is 0 Å². The fourth-order valence-electron chi connectivity index (χ4n) is 1.96. The van der Waals surface area contributed by atoms with E-state index in [0.717, 1.165) is 5.56 Å². The van der Waals surface area contributed by atoms with Crippen LogP contribution in [0.3, 0.4) is 0 Å². The van der Waals surface area contributed by atoms with E-state index in [-0.39, 0.29) is 11.7 Å². The molecule has 5 heteroatoms. The van der Waals surface area contributed by atoms with Gasteiger partial charge in [0.15, 0.2) is 5.78 Å². The SMILES string of the molecule is CC1=CC(=O)C(Br)=C(CBr)C1=NC(=O)c1ccc(C)cc1. The number of ketones is 1. The Labute approximate surface area is 140 Å². The molecule has 1 aromatic rings. The van der Waals surface area contributed by atoms with Gasteiger partial charge in [-0.05, 0) is 53.6 Å². The van der Waals surface area contributed by atoms with Crippen LogP contribution in [0.5, 0.6) is 0 Å². The van der Waals surface area contributed by atoms with Gasteiger partial charge >= 0.3 is 0 Å². The van der Waals surface area contributed by atoms with Crippen molar-refractivity contribution in [2.45, 2.75) is 13.8 Å². The topological polar surface area (TPSA) is 46.5 Å². The van der Waals surface area contributed by atoms with Gasteiger partial charge in [0.2, 0.25) is 0 Å². The van der Waals surface area contributed by atoms with Crippen molar-refractivity contribution in [1.29, 1.82) is 0 Å². The molecule has 0 radical (unpaired) electrons. The van der Waals surface area contributed by atoms with E-state index in [1.807, 2.05) is 19.1 Å². The molecule has 0 aromatic heterocycles. The van der Waals surface area contributed by atoms with Crippen molar-refractivity contribution < 1.29 is 9.59 Å². The van der Waals surface area contributed by atoms with Crippen LogP contribution < -0.4 is 0 Å². The third-order valence-corrected chi connectivity index (χ3v) is 4.56. The summed E-state index contributed by atoms with van der Waals surface area (Å²) < 4.78 is 0.445. The van der Waals surface area contributed by atoms with Gasteiger partial charge in [-0.1, -0.05) is 33.6 Å². The summed E-state index contributed by atoms with van der Waals surface area (Å²) in [6.07, 6.45) is 1.48. The lowest BCUT2D eigenvalue weighted by atomic mass is 9.97. The standard InChI is InChI=1S/C16H13Br2NO2/c1-9-3-5-11(6-4-9)16(21)19-15-10(2)7-13(20)14(18)12(15)8-17/h3-7H,8H2,1-2H3. The Morgan fingerprint density at radius 2 is 1.81 bits per heavy atom. The maximum Gasteiger partial charge on any atom is 0.277 e. The summed E-state index contributed by atoms with van der Waals surface area (Å²) in [5.41, 5.74) is 3.55. The lowest BCUT2D eigenvalue weighted by Crippen LogP contribution is -2.18. The molecular weight excluding hydrogens is 398 g/mol. The number of aliphatic imine (C=N–C) groups is 1. The summed E-state index contributed by atoms with van der Waals surface area (Å²) in [6, 6.07) is 7.25. The molecule has 2 rings (SSSR count). The monoisotopic (exact) mass is 409 g/mol. The number of benzene rings is 1. The van der Waals surface area contributed by atoms with E-state index in [1.54, 1.807) is 19.1 Å². The molecule has 0 atom stereocenters. The van der Waals surface area contributed by atoms with Crippen LogP contribution in [0.2, 0.25) is 0 Å². The molecule has 0 N–H and O–H groups in total. The molecule has 0 heterocycles. The minimum atomic E-state index is -0.314. The van der Waals surface area contributed by atoms with E-state index in [1.165, 1.54) is 6.08 Å². The molecule has 0 spiro atoms. The van der Waals surface area contributed by atoms with E-state index in [2.05, 4.69) is 36.9 Å². The van der Waals surface area contributed by atoms with Gasteiger partial charge < -0.3 is 0 Å². The lowest BCUT2D eigenvalue weighted by molar-refractivity contribution is -0.110. The second-order valence-electron chi connectivity index (χ2n) is 4.75. The van der Waals surface area contributed by atoms with Gasteiger partial charge in [0.25, 0.3) is 5.91 Å².